The molecule has 0 aromatic heterocycles. The molecule has 0 aliphatic carbocycles. The fraction of sp³-hybridized carbons (Fsp3) is 0.250. The van der Waals surface area contributed by atoms with Crippen LogP contribution in [0.25, 0.3) is 6.08 Å². The Kier molecular flexibility index (Phi) is 5.64. The number of carbonyl (C=O) groups is 1. The zero-order valence-corrected chi connectivity index (χ0v) is 13.8. The Morgan fingerprint density at radius 3 is 2.21 bits per heavy atom. The van der Waals surface area contributed by atoms with Crippen LogP contribution in [0.1, 0.15) is 11.1 Å². The van der Waals surface area contributed by atoms with Gasteiger partial charge in [-0.2, -0.15) is 0 Å². The van der Waals surface area contributed by atoms with Crippen molar-refractivity contribution in [1.29, 1.82) is 0 Å². The molecule has 0 unspecified atom stereocenters. The molecule has 24 heavy (non-hydrogen) atoms. The summed E-state index contributed by atoms with van der Waals surface area (Å²) in [6, 6.07) is 20.4. The molecule has 124 valence electrons. The minimum Gasteiger partial charge on any atom is -0.322 e. The quantitative estimate of drug-likeness (QED) is 0.939. The highest BCUT2D eigenvalue weighted by molar-refractivity contribution is 5.76. The maximum Gasteiger partial charge on any atom is 0.321 e. The van der Waals surface area contributed by atoms with E-state index < -0.39 is 0 Å². The van der Waals surface area contributed by atoms with E-state index in [2.05, 4.69) is 34.5 Å². The number of urea groups is 1. The van der Waals surface area contributed by atoms with Gasteiger partial charge >= 0.3 is 6.03 Å². The van der Waals surface area contributed by atoms with Crippen molar-refractivity contribution in [2.24, 2.45) is 0 Å². The largest absolute Gasteiger partial charge is 0.322 e. The lowest BCUT2D eigenvalue weighted by Crippen LogP contribution is -2.50. The highest BCUT2D eigenvalue weighted by atomic mass is 16.2. The van der Waals surface area contributed by atoms with Crippen LogP contribution in [-0.2, 0) is 6.54 Å². The molecule has 0 radical (unpaired) electrons. The predicted octanol–water partition coefficient (Wildman–Crippen LogP) is 3.18. The van der Waals surface area contributed by atoms with Gasteiger partial charge in [-0.15, -0.1) is 0 Å². The fourth-order valence-electron chi connectivity index (χ4n) is 2.82. The summed E-state index contributed by atoms with van der Waals surface area (Å²) < 4.78 is 0. The first-order valence-corrected chi connectivity index (χ1v) is 8.34. The Balaban J connectivity index is 1.42. The van der Waals surface area contributed by atoms with Gasteiger partial charge in [-0.05, 0) is 17.2 Å². The first kappa shape index (κ1) is 16.3. The second kappa shape index (κ2) is 8.31. The van der Waals surface area contributed by atoms with Gasteiger partial charge in [-0.3, -0.25) is 4.90 Å². The standard InChI is InChI=1S/C20H23N3O/c24-20(21-12-11-18-7-3-1-4-8-18)23-15-13-22(14-16-23)17-19-9-5-2-6-10-19/h1-12H,13-17H2,(H,21,24)/b12-11+. The van der Waals surface area contributed by atoms with Crippen LogP contribution < -0.4 is 5.32 Å². The van der Waals surface area contributed by atoms with Crippen molar-refractivity contribution in [2.75, 3.05) is 26.2 Å². The molecule has 0 spiro atoms. The van der Waals surface area contributed by atoms with Gasteiger partial charge in [0.15, 0.2) is 0 Å². The van der Waals surface area contributed by atoms with E-state index in [0.29, 0.717) is 0 Å². The van der Waals surface area contributed by atoms with Gasteiger partial charge in [0.2, 0.25) is 0 Å². The minimum atomic E-state index is -0.0263. The number of hydrogen-bond donors (Lipinski definition) is 1. The number of hydrogen-bond acceptors (Lipinski definition) is 2. The average molecular weight is 321 g/mol. The topological polar surface area (TPSA) is 35.6 Å². The second-order valence-electron chi connectivity index (χ2n) is 5.94. The molecule has 4 nitrogen and oxygen atoms in total. The molecule has 1 N–H and O–H groups in total. The van der Waals surface area contributed by atoms with Crippen LogP contribution in [0, 0.1) is 0 Å². The first-order valence-electron chi connectivity index (χ1n) is 8.34. The lowest BCUT2D eigenvalue weighted by Gasteiger charge is -2.34. The van der Waals surface area contributed by atoms with Crippen LogP contribution in [0.3, 0.4) is 0 Å². The second-order valence-corrected chi connectivity index (χ2v) is 5.94. The third-order valence-electron chi connectivity index (χ3n) is 4.19. The molecule has 2 amide bonds. The average Bonchev–Trinajstić information content (AvgIpc) is 2.64. The SMILES string of the molecule is O=C(N/C=C/c1ccccc1)N1CCN(Cc2ccccc2)CC1. The summed E-state index contributed by atoms with van der Waals surface area (Å²) in [5.74, 6) is 0. The summed E-state index contributed by atoms with van der Waals surface area (Å²) in [7, 11) is 0. The summed E-state index contributed by atoms with van der Waals surface area (Å²) in [5, 5.41) is 2.85. The summed E-state index contributed by atoms with van der Waals surface area (Å²) in [6.45, 7) is 4.29. The van der Waals surface area contributed by atoms with Gasteiger partial charge < -0.3 is 10.2 Å². The summed E-state index contributed by atoms with van der Waals surface area (Å²) in [4.78, 5) is 16.5. The van der Waals surface area contributed by atoms with Gasteiger partial charge in [0, 0.05) is 38.9 Å². The van der Waals surface area contributed by atoms with E-state index in [-0.39, 0.29) is 6.03 Å². The van der Waals surface area contributed by atoms with Crippen molar-refractivity contribution in [2.45, 2.75) is 6.54 Å². The Labute approximate surface area is 143 Å². The van der Waals surface area contributed by atoms with E-state index >= 15 is 0 Å². The molecule has 3 rings (SSSR count). The van der Waals surface area contributed by atoms with Gasteiger partial charge in [-0.1, -0.05) is 60.7 Å². The lowest BCUT2D eigenvalue weighted by atomic mass is 10.2. The van der Waals surface area contributed by atoms with Crippen molar-refractivity contribution >= 4 is 12.1 Å². The maximum atomic E-state index is 12.2. The van der Waals surface area contributed by atoms with Crippen molar-refractivity contribution in [3.05, 3.63) is 78.0 Å². The van der Waals surface area contributed by atoms with Crippen LogP contribution in [0.2, 0.25) is 0 Å². The highest BCUT2D eigenvalue weighted by Gasteiger charge is 2.20. The number of rotatable bonds is 4. The van der Waals surface area contributed by atoms with E-state index in [9.17, 15) is 4.79 Å². The van der Waals surface area contributed by atoms with E-state index in [1.165, 1.54) is 5.56 Å². The molecule has 1 heterocycles. The number of nitrogens with one attached hydrogen (secondary N) is 1. The molecule has 1 fully saturated rings. The van der Waals surface area contributed by atoms with Crippen LogP contribution >= 0.6 is 0 Å². The zero-order chi connectivity index (χ0) is 16.6. The van der Waals surface area contributed by atoms with E-state index in [4.69, 9.17) is 0 Å². The van der Waals surface area contributed by atoms with Crippen LogP contribution in [0.4, 0.5) is 4.79 Å². The molecule has 0 saturated carbocycles. The number of piperazine rings is 1. The van der Waals surface area contributed by atoms with Crippen LogP contribution in [-0.4, -0.2) is 42.0 Å². The molecule has 1 saturated heterocycles. The van der Waals surface area contributed by atoms with Crippen molar-refractivity contribution in [3.63, 3.8) is 0 Å². The van der Waals surface area contributed by atoms with E-state index in [1.807, 2.05) is 47.4 Å². The lowest BCUT2D eigenvalue weighted by molar-refractivity contribution is 0.137. The molecule has 0 bridgehead atoms. The number of benzene rings is 2. The molecule has 2 aromatic carbocycles. The van der Waals surface area contributed by atoms with E-state index in [0.717, 1.165) is 38.3 Å². The summed E-state index contributed by atoms with van der Waals surface area (Å²) in [6.07, 6.45) is 3.62. The molecular formula is C20H23N3O. The Bertz CT molecular complexity index is 662. The van der Waals surface area contributed by atoms with E-state index in [1.54, 1.807) is 6.20 Å². The predicted molar refractivity (Wildman–Crippen MR) is 97.3 cm³/mol. The third-order valence-corrected chi connectivity index (χ3v) is 4.19. The van der Waals surface area contributed by atoms with Crippen LogP contribution in [0.15, 0.2) is 66.9 Å². The van der Waals surface area contributed by atoms with Gasteiger partial charge in [0.1, 0.15) is 0 Å². The minimum absolute atomic E-state index is 0.0263. The molecule has 0 atom stereocenters. The third kappa shape index (κ3) is 4.70. The number of carbonyl (C=O) groups excluding carboxylic acids is 1. The number of amides is 2. The molecule has 1 aliphatic rings. The van der Waals surface area contributed by atoms with Crippen molar-refractivity contribution < 1.29 is 4.79 Å². The molecule has 1 aliphatic heterocycles. The Morgan fingerprint density at radius 1 is 0.917 bits per heavy atom. The Hall–Kier alpha value is -2.59. The van der Waals surface area contributed by atoms with Crippen molar-refractivity contribution in [3.8, 4) is 0 Å². The fourth-order valence-corrected chi connectivity index (χ4v) is 2.82. The monoisotopic (exact) mass is 321 g/mol. The smallest absolute Gasteiger partial charge is 0.321 e. The maximum absolute atomic E-state index is 12.2. The van der Waals surface area contributed by atoms with Crippen molar-refractivity contribution in [1.82, 2.24) is 15.1 Å². The zero-order valence-electron chi connectivity index (χ0n) is 13.8. The van der Waals surface area contributed by atoms with Gasteiger partial charge in [0.25, 0.3) is 0 Å². The molecule has 2 aromatic rings. The van der Waals surface area contributed by atoms with Crippen LogP contribution in [0.5, 0.6) is 0 Å². The van der Waals surface area contributed by atoms with Gasteiger partial charge in [-0.25, -0.2) is 4.79 Å². The first-order chi connectivity index (χ1) is 11.8. The molecule has 4 heteroatoms. The normalized spacial score (nSPS) is 15.6. The Morgan fingerprint density at radius 2 is 1.54 bits per heavy atom. The highest BCUT2D eigenvalue weighted by Crippen LogP contribution is 2.08. The van der Waals surface area contributed by atoms with Gasteiger partial charge in [0.05, 0.1) is 0 Å². The summed E-state index contributed by atoms with van der Waals surface area (Å²) >= 11 is 0. The summed E-state index contributed by atoms with van der Waals surface area (Å²) in [5.41, 5.74) is 2.40. The molecular weight excluding hydrogens is 298 g/mol. The number of nitrogens with zero attached hydrogens (tertiary/aromatic N) is 2.